The van der Waals surface area contributed by atoms with E-state index < -0.39 is 23.6 Å². The molecule has 216 valence electrons. The summed E-state index contributed by atoms with van der Waals surface area (Å²) in [6, 6.07) is 23.9. The van der Waals surface area contributed by atoms with E-state index in [9.17, 15) is 13.6 Å². The summed E-state index contributed by atoms with van der Waals surface area (Å²) in [5.74, 6) is -1.58. The van der Waals surface area contributed by atoms with Gasteiger partial charge in [-0.3, -0.25) is 0 Å². The molecule has 4 aromatic carbocycles. The maximum Gasteiger partial charge on any atom is 0.338 e. The minimum atomic E-state index is -0.654. The highest BCUT2D eigenvalue weighted by Gasteiger charge is 2.42. The molecule has 2 unspecified atom stereocenters. The number of hydrogen-bond donors (Lipinski definition) is 1. The lowest BCUT2D eigenvalue weighted by molar-refractivity contribution is -0.139. The number of ether oxygens (including phenoxy) is 1. The summed E-state index contributed by atoms with van der Waals surface area (Å²) in [5, 5.41) is 3.30. The molecule has 0 spiro atoms. The zero-order chi connectivity index (χ0) is 30.0. The van der Waals surface area contributed by atoms with Gasteiger partial charge >= 0.3 is 5.97 Å². The third-order valence-electron chi connectivity index (χ3n) is 6.96. The number of esters is 1. The predicted octanol–water partition coefficient (Wildman–Crippen LogP) is 10.1. The minimum Gasteiger partial charge on any atom is -0.463 e. The van der Waals surface area contributed by atoms with Crippen molar-refractivity contribution in [3.63, 3.8) is 0 Å². The second kappa shape index (κ2) is 13.5. The number of carbonyl (C=O) groups excluding carboxylic acids is 1. The van der Waals surface area contributed by atoms with E-state index in [1.807, 2.05) is 48.5 Å². The number of benzene rings is 4. The largest absolute Gasteiger partial charge is 0.463 e. The van der Waals surface area contributed by atoms with E-state index in [0.717, 1.165) is 18.3 Å². The summed E-state index contributed by atoms with van der Waals surface area (Å²) in [5.41, 5.74) is 3.95. The van der Waals surface area contributed by atoms with Gasteiger partial charge in [-0.25, -0.2) is 13.6 Å². The quantitative estimate of drug-likeness (QED) is 0.149. The highest BCUT2D eigenvalue weighted by Crippen LogP contribution is 2.49. The summed E-state index contributed by atoms with van der Waals surface area (Å²) in [4.78, 5) is 15.9. The molecule has 42 heavy (non-hydrogen) atoms. The molecule has 1 N–H and O–H groups in total. The Labute approximate surface area is 280 Å². The molecule has 0 radical (unpaired) electrons. The first-order chi connectivity index (χ1) is 20.2. The van der Waals surface area contributed by atoms with Crippen LogP contribution in [0.3, 0.4) is 0 Å². The van der Waals surface area contributed by atoms with E-state index >= 15 is 0 Å². The summed E-state index contributed by atoms with van der Waals surface area (Å²) in [6.45, 7) is 1.92. The molecular weight excluding hydrogens is 807 g/mol. The number of anilines is 2. The van der Waals surface area contributed by atoms with E-state index in [4.69, 9.17) is 27.9 Å². The third kappa shape index (κ3) is 6.71. The fourth-order valence-corrected chi connectivity index (χ4v) is 6.18. The van der Waals surface area contributed by atoms with Crippen molar-refractivity contribution in [1.82, 2.24) is 0 Å². The molecule has 0 aliphatic carbocycles. The SMILES string of the molecule is CCOC(=O)C1=C(Nc2ccc(F)c(Cl)c2)CC(c2ccc(I)cc2)N(c2ccc(F)c(Cl)c2)C1c1ccc(I)cc1. The standard InChI is InChI=1S/C32H24Cl2F2I2N2O2/c1-2-42-32(41)30-28(39-22-11-13-26(35)24(33)15-22)17-29(18-3-7-20(37)8-4-18)40(23-12-14-27(36)25(34)16-23)31(30)19-5-9-21(38)10-6-19/h3-16,29,31,39H,2,17H2,1H3. The molecular formula is C32H24Cl2F2I2N2O2. The summed E-state index contributed by atoms with van der Waals surface area (Å²) in [7, 11) is 0. The molecule has 1 aliphatic heterocycles. The van der Waals surface area contributed by atoms with Crippen LogP contribution in [0.25, 0.3) is 0 Å². The molecule has 10 heteroatoms. The van der Waals surface area contributed by atoms with Gasteiger partial charge in [0.25, 0.3) is 0 Å². The summed E-state index contributed by atoms with van der Waals surface area (Å²) in [6.07, 6.45) is 0.347. The Bertz CT molecular complexity index is 1650. The smallest absolute Gasteiger partial charge is 0.338 e. The Morgan fingerprint density at radius 1 is 0.881 bits per heavy atom. The number of nitrogens with zero attached hydrogens (tertiary/aromatic N) is 1. The van der Waals surface area contributed by atoms with Gasteiger partial charge in [0, 0.05) is 30.6 Å². The van der Waals surface area contributed by atoms with Crippen molar-refractivity contribution in [2.24, 2.45) is 0 Å². The Morgan fingerprint density at radius 3 is 2.02 bits per heavy atom. The molecule has 1 heterocycles. The van der Waals surface area contributed by atoms with Crippen molar-refractivity contribution >= 4 is 85.7 Å². The van der Waals surface area contributed by atoms with Crippen molar-refractivity contribution in [2.75, 3.05) is 16.8 Å². The molecule has 4 nitrogen and oxygen atoms in total. The first-order valence-electron chi connectivity index (χ1n) is 13.0. The zero-order valence-electron chi connectivity index (χ0n) is 22.2. The van der Waals surface area contributed by atoms with Crippen LogP contribution in [0.2, 0.25) is 10.0 Å². The van der Waals surface area contributed by atoms with Crippen LogP contribution < -0.4 is 10.2 Å². The van der Waals surface area contributed by atoms with Gasteiger partial charge < -0.3 is 15.0 Å². The second-order valence-electron chi connectivity index (χ2n) is 9.60. The Kier molecular flexibility index (Phi) is 9.96. The first kappa shape index (κ1) is 31.0. The molecule has 0 amide bonds. The Balaban J connectivity index is 1.79. The van der Waals surface area contributed by atoms with Crippen LogP contribution in [0.1, 0.15) is 36.6 Å². The van der Waals surface area contributed by atoms with E-state index in [1.165, 1.54) is 18.2 Å². The summed E-state index contributed by atoms with van der Waals surface area (Å²) < 4.78 is 36.1. The number of nitrogens with one attached hydrogen (secondary N) is 1. The van der Waals surface area contributed by atoms with Gasteiger partial charge in [-0.15, -0.1) is 0 Å². The van der Waals surface area contributed by atoms with Gasteiger partial charge in [0.1, 0.15) is 11.6 Å². The average Bonchev–Trinajstić information content (AvgIpc) is 2.97. The van der Waals surface area contributed by atoms with Crippen LogP contribution in [0.4, 0.5) is 20.2 Å². The van der Waals surface area contributed by atoms with Crippen LogP contribution in [-0.4, -0.2) is 12.6 Å². The van der Waals surface area contributed by atoms with Gasteiger partial charge in [0.15, 0.2) is 0 Å². The van der Waals surface area contributed by atoms with Crippen LogP contribution in [-0.2, 0) is 9.53 Å². The Hall–Kier alpha value is -2.41. The highest BCUT2D eigenvalue weighted by molar-refractivity contribution is 14.1. The van der Waals surface area contributed by atoms with Crippen molar-refractivity contribution in [3.05, 3.63) is 136 Å². The molecule has 2 atom stereocenters. The second-order valence-corrected chi connectivity index (χ2v) is 12.9. The number of halogens is 6. The van der Waals surface area contributed by atoms with Crippen molar-refractivity contribution in [2.45, 2.75) is 25.4 Å². The van der Waals surface area contributed by atoms with Crippen LogP contribution in [0.15, 0.2) is 96.2 Å². The van der Waals surface area contributed by atoms with Gasteiger partial charge in [0.05, 0.1) is 34.3 Å². The zero-order valence-corrected chi connectivity index (χ0v) is 28.0. The molecule has 5 rings (SSSR count). The lowest BCUT2D eigenvalue weighted by Crippen LogP contribution is -2.41. The fraction of sp³-hybridized carbons (Fsp3) is 0.156. The van der Waals surface area contributed by atoms with Crippen LogP contribution in [0, 0.1) is 18.8 Å². The van der Waals surface area contributed by atoms with Gasteiger partial charge in [-0.05, 0) is 124 Å². The van der Waals surface area contributed by atoms with Crippen LogP contribution in [0.5, 0.6) is 0 Å². The normalized spacial score (nSPS) is 16.9. The molecule has 0 fully saturated rings. The van der Waals surface area contributed by atoms with E-state index in [0.29, 0.717) is 29.1 Å². The number of carbonyl (C=O) groups is 1. The monoisotopic (exact) mass is 830 g/mol. The third-order valence-corrected chi connectivity index (χ3v) is 8.98. The molecule has 0 saturated carbocycles. The van der Waals surface area contributed by atoms with E-state index in [1.54, 1.807) is 25.1 Å². The topological polar surface area (TPSA) is 41.6 Å². The maximum atomic E-state index is 14.4. The highest BCUT2D eigenvalue weighted by atomic mass is 127. The van der Waals surface area contributed by atoms with Gasteiger partial charge in [0.2, 0.25) is 0 Å². The van der Waals surface area contributed by atoms with Gasteiger partial charge in [-0.1, -0.05) is 47.5 Å². The maximum absolute atomic E-state index is 14.4. The fourth-order valence-electron chi connectivity index (χ4n) is 5.11. The summed E-state index contributed by atoms with van der Waals surface area (Å²) >= 11 is 16.9. The van der Waals surface area contributed by atoms with Gasteiger partial charge in [-0.2, -0.15) is 0 Å². The lowest BCUT2D eigenvalue weighted by Gasteiger charge is -2.46. The molecule has 0 aromatic heterocycles. The predicted molar refractivity (Wildman–Crippen MR) is 181 cm³/mol. The minimum absolute atomic E-state index is 0.0261. The molecule has 1 aliphatic rings. The van der Waals surface area contributed by atoms with Crippen LogP contribution >= 0.6 is 68.4 Å². The average molecular weight is 831 g/mol. The van der Waals surface area contributed by atoms with Crippen molar-refractivity contribution < 1.29 is 18.3 Å². The Morgan fingerprint density at radius 2 is 1.45 bits per heavy atom. The first-order valence-corrected chi connectivity index (χ1v) is 15.9. The van der Waals surface area contributed by atoms with E-state index in [2.05, 4.69) is 55.4 Å². The number of rotatable bonds is 7. The molecule has 0 bridgehead atoms. The number of hydrogen-bond acceptors (Lipinski definition) is 4. The van der Waals surface area contributed by atoms with Crippen molar-refractivity contribution in [1.29, 1.82) is 0 Å². The lowest BCUT2D eigenvalue weighted by atomic mass is 9.84. The van der Waals surface area contributed by atoms with Crippen molar-refractivity contribution in [3.8, 4) is 0 Å². The molecule has 4 aromatic rings. The molecule has 0 saturated heterocycles. The van der Waals surface area contributed by atoms with E-state index in [-0.39, 0.29) is 22.7 Å².